The standard InChI is InChI=1S/C30H29Cl3F3N5O3/c1-18-22(28(43)41(27(18)42)21-8-7-19(17-37)23(16-21)30(34,35)36)6-4-2-3-5-9-39-10-12-40(13-11-39)29(44)38-26-24(32)14-20(31)15-25(26)33/h7-8,14-16H,2-6,9-13H2,1H3,(H,38,44). The van der Waals surface area contributed by atoms with Crippen molar-refractivity contribution in [1.82, 2.24) is 9.80 Å². The summed E-state index contributed by atoms with van der Waals surface area (Å²) in [6, 6.07) is 7.03. The Morgan fingerprint density at radius 2 is 1.59 bits per heavy atom. The van der Waals surface area contributed by atoms with Gasteiger partial charge in [0.25, 0.3) is 11.8 Å². The van der Waals surface area contributed by atoms with Crippen LogP contribution in [-0.2, 0) is 15.8 Å². The molecule has 2 aromatic rings. The van der Waals surface area contributed by atoms with Crippen LogP contribution in [0.4, 0.5) is 29.3 Å². The van der Waals surface area contributed by atoms with Gasteiger partial charge in [-0.15, -0.1) is 0 Å². The number of carbonyl (C=O) groups excluding carboxylic acids is 3. The minimum Gasteiger partial charge on any atom is -0.322 e. The highest BCUT2D eigenvalue weighted by molar-refractivity contribution is 6.42. The number of halogens is 6. The zero-order chi connectivity index (χ0) is 32.2. The number of anilines is 2. The molecule has 8 nitrogen and oxygen atoms in total. The zero-order valence-corrected chi connectivity index (χ0v) is 26.0. The third-order valence-electron chi connectivity index (χ3n) is 7.67. The molecule has 234 valence electrons. The monoisotopic (exact) mass is 669 g/mol. The number of benzene rings is 2. The maximum Gasteiger partial charge on any atom is 0.417 e. The molecule has 4 amide bonds. The molecule has 1 saturated heterocycles. The molecule has 1 N–H and O–H groups in total. The van der Waals surface area contributed by atoms with Crippen LogP contribution in [0.1, 0.15) is 50.2 Å². The van der Waals surface area contributed by atoms with Crippen LogP contribution in [0, 0.1) is 11.3 Å². The fourth-order valence-corrected chi connectivity index (χ4v) is 6.14. The van der Waals surface area contributed by atoms with Gasteiger partial charge in [-0.3, -0.25) is 14.5 Å². The summed E-state index contributed by atoms with van der Waals surface area (Å²) < 4.78 is 40.2. The first-order valence-corrected chi connectivity index (χ1v) is 15.1. The second-order valence-corrected chi connectivity index (χ2v) is 11.8. The lowest BCUT2D eigenvalue weighted by Gasteiger charge is -2.34. The first-order chi connectivity index (χ1) is 20.8. The maximum absolute atomic E-state index is 13.4. The van der Waals surface area contributed by atoms with Crippen LogP contribution < -0.4 is 10.2 Å². The van der Waals surface area contributed by atoms with Crippen molar-refractivity contribution < 1.29 is 27.6 Å². The summed E-state index contributed by atoms with van der Waals surface area (Å²) in [6.45, 7) is 4.84. The number of hydrogen-bond acceptors (Lipinski definition) is 5. The van der Waals surface area contributed by atoms with Crippen molar-refractivity contribution in [2.75, 3.05) is 42.9 Å². The van der Waals surface area contributed by atoms with E-state index < -0.39 is 29.1 Å². The summed E-state index contributed by atoms with van der Waals surface area (Å²) in [5.41, 5.74) is -1.16. The van der Waals surface area contributed by atoms with E-state index in [4.69, 9.17) is 40.1 Å². The number of unbranched alkanes of at least 4 members (excludes halogenated alkanes) is 3. The number of amides is 4. The van der Waals surface area contributed by atoms with E-state index >= 15 is 0 Å². The predicted octanol–water partition coefficient (Wildman–Crippen LogP) is 7.53. The Hall–Kier alpha value is -3.30. The normalized spacial score (nSPS) is 16.1. The van der Waals surface area contributed by atoms with E-state index in [1.165, 1.54) is 31.2 Å². The minimum atomic E-state index is -4.80. The highest BCUT2D eigenvalue weighted by Crippen LogP contribution is 2.37. The smallest absolute Gasteiger partial charge is 0.322 e. The number of nitriles is 1. The summed E-state index contributed by atoms with van der Waals surface area (Å²) in [5, 5.41) is 12.7. The molecule has 2 aliphatic heterocycles. The molecule has 0 aliphatic carbocycles. The first kappa shape index (κ1) is 33.6. The van der Waals surface area contributed by atoms with Crippen molar-refractivity contribution in [1.29, 1.82) is 5.26 Å². The summed E-state index contributed by atoms with van der Waals surface area (Å²) in [7, 11) is 0. The Kier molecular flexibility index (Phi) is 10.8. The quantitative estimate of drug-likeness (QED) is 0.220. The average Bonchev–Trinajstić information content (AvgIpc) is 3.18. The Labute approximate surface area is 267 Å². The van der Waals surface area contributed by atoms with E-state index in [1.54, 1.807) is 4.90 Å². The molecule has 0 unspecified atom stereocenters. The molecule has 4 rings (SSSR count). The number of nitrogens with one attached hydrogen (secondary N) is 1. The summed E-state index contributed by atoms with van der Waals surface area (Å²) in [6.07, 6.45) is -1.22. The fraction of sp³-hybridized carbons (Fsp3) is 0.400. The van der Waals surface area contributed by atoms with Gasteiger partial charge in [0.15, 0.2) is 0 Å². The van der Waals surface area contributed by atoms with Gasteiger partial charge in [0.2, 0.25) is 0 Å². The van der Waals surface area contributed by atoms with E-state index in [0.717, 1.165) is 36.8 Å². The highest BCUT2D eigenvalue weighted by Gasteiger charge is 2.39. The van der Waals surface area contributed by atoms with E-state index in [0.29, 0.717) is 61.4 Å². The molecule has 1 fully saturated rings. The van der Waals surface area contributed by atoms with Crippen molar-refractivity contribution in [2.24, 2.45) is 0 Å². The molecule has 0 aromatic heterocycles. The first-order valence-electron chi connectivity index (χ1n) is 13.9. The van der Waals surface area contributed by atoms with Gasteiger partial charge in [-0.2, -0.15) is 18.4 Å². The molecule has 44 heavy (non-hydrogen) atoms. The van der Waals surface area contributed by atoms with E-state index in [1.807, 2.05) is 0 Å². The zero-order valence-electron chi connectivity index (χ0n) is 23.7. The summed E-state index contributed by atoms with van der Waals surface area (Å²) >= 11 is 18.3. The van der Waals surface area contributed by atoms with Crippen LogP contribution in [0.5, 0.6) is 0 Å². The summed E-state index contributed by atoms with van der Waals surface area (Å²) in [5.74, 6) is -1.29. The lowest BCUT2D eigenvalue weighted by atomic mass is 10.0. The highest BCUT2D eigenvalue weighted by atomic mass is 35.5. The van der Waals surface area contributed by atoms with Gasteiger partial charge in [0.05, 0.1) is 38.6 Å². The fourth-order valence-electron chi connectivity index (χ4n) is 5.23. The van der Waals surface area contributed by atoms with Gasteiger partial charge in [-0.1, -0.05) is 47.6 Å². The number of hydrogen-bond donors (Lipinski definition) is 1. The van der Waals surface area contributed by atoms with Gasteiger partial charge >= 0.3 is 12.2 Å². The van der Waals surface area contributed by atoms with Crippen molar-refractivity contribution in [3.8, 4) is 6.07 Å². The maximum atomic E-state index is 13.4. The second-order valence-electron chi connectivity index (χ2n) is 10.6. The lowest BCUT2D eigenvalue weighted by Crippen LogP contribution is -2.50. The van der Waals surface area contributed by atoms with Gasteiger partial charge in [-0.05, 0) is 63.1 Å². The third-order valence-corrected chi connectivity index (χ3v) is 8.49. The Morgan fingerprint density at radius 1 is 0.955 bits per heavy atom. The van der Waals surface area contributed by atoms with Crippen LogP contribution in [0.15, 0.2) is 41.5 Å². The molecule has 0 bridgehead atoms. The molecule has 0 atom stereocenters. The number of urea groups is 1. The average molecular weight is 671 g/mol. The van der Waals surface area contributed by atoms with Crippen molar-refractivity contribution >= 4 is 64.0 Å². The second kappa shape index (κ2) is 14.2. The van der Waals surface area contributed by atoms with E-state index in [2.05, 4.69) is 10.2 Å². The minimum absolute atomic E-state index is 0.212. The third kappa shape index (κ3) is 7.67. The predicted molar refractivity (Wildman–Crippen MR) is 163 cm³/mol. The topological polar surface area (TPSA) is 96.8 Å². The molecular weight excluding hydrogens is 642 g/mol. The van der Waals surface area contributed by atoms with Gasteiger partial charge in [-0.25, -0.2) is 9.69 Å². The van der Waals surface area contributed by atoms with Crippen LogP contribution in [0.25, 0.3) is 0 Å². The molecular formula is C30H29Cl3F3N5O3. The number of carbonyl (C=O) groups is 3. The molecule has 2 aliphatic rings. The molecule has 0 saturated carbocycles. The Balaban J connectivity index is 1.19. The number of rotatable bonds is 9. The van der Waals surface area contributed by atoms with Crippen LogP contribution in [0.2, 0.25) is 15.1 Å². The summed E-state index contributed by atoms with van der Waals surface area (Å²) in [4.78, 5) is 43.2. The van der Waals surface area contributed by atoms with Crippen LogP contribution in [-0.4, -0.2) is 60.4 Å². The van der Waals surface area contributed by atoms with Gasteiger partial charge in [0, 0.05) is 42.3 Å². The Bertz CT molecular complexity index is 1510. The number of imide groups is 1. The largest absolute Gasteiger partial charge is 0.417 e. The van der Waals surface area contributed by atoms with Gasteiger partial charge < -0.3 is 10.2 Å². The molecule has 14 heteroatoms. The van der Waals surface area contributed by atoms with Crippen LogP contribution >= 0.6 is 34.8 Å². The number of nitrogens with zero attached hydrogens (tertiary/aromatic N) is 4. The van der Waals surface area contributed by atoms with E-state index in [-0.39, 0.29) is 27.3 Å². The van der Waals surface area contributed by atoms with Gasteiger partial charge in [0.1, 0.15) is 0 Å². The van der Waals surface area contributed by atoms with Crippen LogP contribution in [0.3, 0.4) is 0 Å². The molecule has 2 heterocycles. The van der Waals surface area contributed by atoms with E-state index in [9.17, 15) is 27.6 Å². The van der Waals surface area contributed by atoms with Crippen molar-refractivity contribution in [3.05, 3.63) is 67.7 Å². The number of piperazine rings is 1. The molecule has 2 aromatic carbocycles. The molecule has 0 radical (unpaired) electrons. The Morgan fingerprint density at radius 3 is 2.20 bits per heavy atom. The van der Waals surface area contributed by atoms with Crippen molar-refractivity contribution in [2.45, 2.75) is 45.2 Å². The van der Waals surface area contributed by atoms with Crippen molar-refractivity contribution in [3.63, 3.8) is 0 Å². The lowest BCUT2D eigenvalue weighted by molar-refractivity contribution is -0.138. The number of alkyl halides is 3. The SMILES string of the molecule is CC1=C(CCCCCCN2CCN(C(=O)Nc3c(Cl)cc(Cl)cc3Cl)CC2)C(=O)N(c2ccc(C#N)c(C(F)(F)F)c2)C1=O. The molecule has 0 spiro atoms.